The number of ether oxygens (including phenoxy) is 1. The van der Waals surface area contributed by atoms with E-state index >= 15 is 0 Å². The summed E-state index contributed by atoms with van der Waals surface area (Å²) in [7, 11) is 1.66. The molecule has 0 fully saturated rings. The van der Waals surface area contributed by atoms with Gasteiger partial charge in [0.05, 0.1) is 13.2 Å². The lowest BCUT2D eigenvalue weighted by Crippen LogP contribution is -2.40. The zero-order valence-corrected chi connectivity index (χ0v) is 17.9. The molecule has 1 aromatic carbocycles. The molecule has 3 heterocycles. The Morgan fingerprint density at radius 2 is 1.93 bits per heavy atom. The van der Waals surface area contributed by atoms with Gasteiger partial charge in [-0.2, -0.15) is 4.98 Å². The number of hydrogen-bond donors (Lipinski definition) is 0. The van der Waals surface area contributed by atoms with Crippen LogP contribution >= 0.6 is 0 Å². The van der Waals surface area contributed by atoms with Gasteiger partial charge in [-0.05, 0) is 44.0 Å². The number of nitrogens with zero attached hydrogens (tertiary/aromatic N) is 5. The Hall–Kier alpha value is -3.29. The molecule has 0 bridgehead atoms. The lowest BCUT2D eigenvalue weighted by molar-refractivity contribution is 0.340. The third-order valence-electron chi connectivity index (χ3n) is 5.33. The van der Waals surface area contributed by atoms with Crippen molar-refractivity contribution >= 4 is 22.8 Å². The van der Waals surface area contributed by atoms with Crippen LogP contribution < -0.4 is 20.9 Å². The van der Waals surface area contributed by atoms with E-state index in [4.69, 9.17) is 9.72 Å². The topological polar surface area (TPSA) is 74.3 Å². The highest BCUT2D eigenvalue weighted by Gasteiger charge is 2.29. The normalized spacial score (nSPS) is 16.0. The second kappa shape index (κ2) is 7.51. The molecule has 0 saturated carbocycles. The van der Waals surface area contributed by atoms with Crippen molar-refractivity contribution in [1.82, 2.24) is 18.7 Å². The summed E-state index contributed by atoms with van der Waals surface area (Å²) >= 11 is 0. The number of imidazole rings is 1. The molecule has 3 aromatic rings. The zero-order chi connectivity index (χ0) is 21.6. The number of allylic oxidation sites excluding steroid dienone is 1. The summed E-state index contributed by atoms with van der Waals surface area (Å²) in [5, 5.41) is 0. The van der Waals surface area contributed by atoms with Crippen LogP contribution in [0.1, 0.15) is 20.8 Å². The van der Waals surface area contributed by atoms with Crippen molar-refractivity contribution in [2.24, 2.45) is 13.0 Å². The van der Waals surface area contributed by atoms with Gasteiger partial charge in [-0.25, -0.2) is 4.79 Å². The smallest absolute Gasteiger partial charge is 0.332 e. The van der Waals surface area contributed by atoms with E-state index in [9.17, 15) is 9.59 Å². The molecule has 0 unspecified atom stereocenters. The second-order valence-electron chi connectivity index (χ2n) is 8.03. The van der Waals surface area contributed by atoms with E-state index < -0.39 is 0 Å². The SMILES string of the molecule is C=C(C)Cn1c(=O)c2c(nc3n2C[C@H](C)CN3c2ccc(OCC)cc2)n(C)c1=O. The van der Waals surface area contributed by atoms with Gasteiger partial charge in [0, 0.05) is 25.8 Å². The zero-order valence-electron chi connectivity index (χ0n) is 17.9. The average Bonchev–Trinajstić information content (AvgIpc) is 3.09. The molecule has 8 heteroatoms. The van der Waals surface area contributed by atoms with Gasteiger partial charge in [0.15, 0.2) is 11.2 Å². The fourth-order valence-electron chi connectivity index (χ4n) is 4.02. The van der Waals surface area contributed by atoms with Gasteiger partial charge in [-0.15, -0.1) is 0 Å². The number of benzene rings is 1. The summed E-state index contributed by atoms with van der Waals surface area (Å²) in [4.78, 5) is 32.8. The molecule has 1 aliphatic rings. The molecule has 0 aliphatic carbocycles. The van der Waals surface area contributed by atoms with Gasteiger partial charge in [0.1, 0.15) is 5.75 Å². The van der Waals surface area contributed by atoms with Crippen LogP contribution in [0.15, 0.2) is 46.0 Å². The Morgan fingerprint density at radius 3 is 2.57 bits per heavy atom. The van der Waals surface area contributed by atoms with Gasteiger partial charge >= 0.3 is 5.69 Å². The molecule has 158 valence electrons. The summed E-state index contributed by atoms with van der Waals surface area (Å²) in [6.45, 7) is 12.0. The Bertz CT molecular complexity index is 1230. The Labute approximate surface area is 174 Å². The minimum absolute atomic E-state index is 0.195. The summed E-state index contributed by atoms with van der Waals surface area (Å²) in [6, 6.07) is 7.84. The highest BCUT2D eigenvalue weighted by molar-refractivity contribution is 5.77. The van der Waals surface area contributed by atoms with Crippen LogP contribution in [0.4, 0.5) is 11.6 Å². The first-order valence-electron chi connectivity index (χ1n) is 10.2. The highest BCUT2D eigenvalue weighted by atomic mass is 16.5. The summed E-state index contributed by atoms with van der Waals surface area (Å²) in [5.74, 6) is 1.78. The predicted octanol–water partition coefficient (Wildman–Crippen LogP) is 2.66. The molecule has 0 amide bonds. The van der Waals surface area contributed by atoms with Crippen LogP contribution in [0.3, 0.4) is 0 Å². The van der Waals surface area contributed by atoms with Crippen LogP contribution in [0, 0.1) is 5.92 Å². The van der Waals surface area contributed by atoms with Crippen LogP contribution in [0.2, 0.25) is 0 Å². The van der Waals surface area contributed by atoms with Crippen molar-refractivity contribution in [3.05, 3.63) is 57.3 Å². The molecule has 0 radical (unpaired) electrons. The third kappa shape index (κ3) is 3.22. The van der Waals surface area contributed by atoms with Crippen LogP contribution in [-0.2, 0) is 20.1 Å². The van der Waals surface area contributed by atoms with Gasteiger partial charge in [0.2, 0.25) is 5.95 Å². The van der Waals surface area contributed by atoms with E-state index in [-0.39, 0.29) is 17.8 Å². The molecule has 0 spiro atoms. The van der Waals surface area contributed by atoms with Crippen molar-refractivity contribution < 1.29 is 4.74 Å². The number of fused-ring (bicyclic) bond motifs is 3. The van der Waals surface area contributed by atoms with Crippen LogP contribution in [0.5, 0.6) is 5.75 Å². The lowest BCUT2D eigenvalue weighted by atomic mass is 10.1. The maximum Gasteiger partial charge on any atom is 0.332 e. The monoisotopic (exact) mass is 409 g/mol. The van der Waals surface area contributed by atoms with Gasteiger partial charge in [0.25, 0.3) is 5.56 Å². The molecular weight excluding hydrogens is 382 g/mol. The molecule has 1 atom stereocenters. The number of rotatable bonds is 5. The van der Waals surface area contributed by atoms with Crippen molar-refractivity contribution in [3.8, 4) is 5.75 Å². The number of aromatic nitrogens is 4. The predicted molar refractivity (Wildman–Crippen MR) is 118 cm³/mol. The van der Waals surface area contributed by atoms with E-state index in [1.54, 1.807) is 14.0 Å². The van der Waals surface area contributed by atoms with Gasteiger partial charge < -0.3 is 14.2 Å². The Morgan fingerprint density at radius 1 is 1.23 bits per heavy atom. The third-order valence-corrected chi connectivity index (χ3v) is 5.33. The lowest BCUT2D eigenvalue weighted by Gasteiger charge is -2.33. The summed E-state index contributed by atoms with van der Waals surface area (Å²) < 4.78 is 10.2. The highest BCUT2D eigenvalue weighted by Crippen LogP contribution is 2.33. The van der Waals surface area contributed by atoms with E-state index in [0.717, 1.165) is 23.6 Å². The molecule has 2 aromatic heterocycles. The number of hydrogen-bond acceptors (Lipinski definition) is 5. The number of aryl methyl sites for hydroxylation is 1. The average molecular weight is 409 g/mol. The first-order valence-corrected chi connectivity index (χ1v) is 10.2. The van der Waals surface area contributed by atoms with Crippen molar-refractivity contribution in [2.45, 2.75) is 33.9 Å². The van der Waals surface area contributed by atoms with E-state index in [1.165, 1.54) is 9.13 Å². The van der Waals surface area contributed by atoms with Crippen molar-refractivity contribution in [3.63, 3.8) is 0 Å². The van der Waals surface area contributed by atoms with Crippen molar-refractivity contribution in [2.75, 3.05) is 18.1 Å². The van der Waals surface area contributed by atoms with Gasteiger partial charge in [-0.3, -0.25) is 13.9 Å². The van der Waals surface area contributed by atoms with Crippen molar-refractivity contribution in [1.29, 1.82) is 0 Å². The minimum Gasteiger partial charge on any atom is -0.494 e. The molecule has 4 rings (SSSR count). The largest absolute Gasteiger partial charge is 0.494 e. The van der Waals surface area contributed by atoms with Crippen LogP contribution in [-0.4, -0.2) is 31.8 Å². The van der Waals surface area contributed by atoms with E-state index in [1.807, 2.05) is 35.8 Å². The first kappa shape index (κ1) is 20.0. The molecule has 8 nitrogen and oxygen atoms in total. The van der Waals surface area contributed by atoms with Gasteiger partial charge in [-0.1, -0.05) is 19.1 Å². The maximum atomic E-state index is 13.2. The molecule has 0 N–H and O–H groups in total. The summed E-state index contributed by atoms with van der Waals surface area (Å²) in [6.07, 6.45) is 0. The van der Waals surface area contributed by atoms with E-state index in [0.29, 0.717) is 36.2 Å². The standard InChI is InChI=1S/C22H27N5O3/c1-6-30-17-9-7-16(8-10-17)25-12-15(4)13-26-18-19(23-21(25)26)24(5)22(29)27(20(18)28)11-14(2)3/h7-10,15H,2,6,11-13H2,1,3-5H3/t15-/m1/s1. The molecule has 0 saturated heterocycles. The quantitative estimate of drug-likeness (QED) is 0.606. The molecular formula is C22H27N5O3. The Balaban J connectivity index is 1.92. The fourth-order valence-corrected chi connectivity index (χ4v) is 4.02. The second-order valence-corrected chi connectivity index (χ2v) is 8.03. The van der Waals surface area contributed by atoms with Crippen LogP contribution in [0.25, 0.3) is 11.2 Å². The minimum atomic E-state index is -0.383. The Kier molecular flexibility index (Phi) is 5.01. The maximum absolute atomic E-state index is 13.2. The van der Waals surface area contributed by atoms with E-state index in [2.05, 4.69) is 18.4 Å². The molecule has 30 heavy (non-hydrogen) atoms. The summed E-state index contributed by atoms with van der Waals surface area (Å²) in [5.41, 5.74) is 1.87. The molecule has 1 aliphatic heterocycles. The number of anilines is 2. The fraction of sp³-hybridized carbons (Fsp3) is 0.409. The first-order chi connectivity index (χ1) is 14.3.